The van der Waals surface area contributed by atoms with Gasteiger partial charge in [-0.2, -0.15) is 8.42 Å². The molecule has 84 heavy (non-hydrogen) atoms. The second-order valence-electron chi connectivity index (χ2n) is 17.5. The molecule has 10 aromatic rings. The first-order valence-electron chi connectivity index (χ1n) is 23.0. The number of benzene rings is 10. The normalized spacial score (nSPS) is 10.2. The van der Waals surface area contributed by atoms with E-state index in [0.29, 0.717) is 28.0 Å². The Morgan fingerprint density at radius 3 is 1.11 bits per heavy atom. The van der Waals surface area contributed by atoms with Crippen LogP contribution in [0.3, 0.4) is 0 Å². The first-order chi connectivity index (χ1) is 37.0. The molecule has 9 nitrogen and oxygen atoms in total. The number of hydrogen-bond acceptors (Lipinski definition) is 9. The number of aromatic hydroxyl groups is 5. The van der Waals surface area contributed by atoms with Gasteiger partial charge in [-0.3, -0.25) is 0 Å². The van der Waals surface area contributed by atoms with Crippen LogP contribution >= 0.6 is 160 Å². The quantitative estimate of drug-likeness (QED) is 0.0661. The number of halogens is 12. The summed E-state index contributed by atoms with van der Waals surface area (Å²) in [5.41, 5.74) is 2.90. The monoisotopic (exact) mass is 1840 g/mol. The van der Waals surface area contributed by atoms with Gasteiger partial charge in [0.05, 0.1) is 5.02 Å². The van der Waals surface area contributed by atoms with Crippen LogP contribution in [0.4, 0.5) is 0 Å². The third-order valence-electron chi connectivity index (χ3n) is 11.0. The third kappa shape index (κ3) is 29.5. The van der Waals surface area contributed by atoms with Gasteiger partial charge in [0.1, 0.15) is 28.7 Å². The Kier molecular flexibility index (Phi) is 42.3. The molecule has 10 rings (SSSR count). The predicted molar refractivity (Wildman–Crippen MR) is 374 cm³/mol. The fourth-order valence-corrected chi connectivity index (χ4v) is 9.70. The number of phenols is 5. The summed E-state index contributed by atoms with van der Waals surface area (Å²) < 4.78 is 22.8. The molecule has 0 bridgehead atoms. The molecule has 4 radical (unpaired) electrons. The molecule has 0 heterocycles. The van der Waals surface area contributed by atoms with Crippen LogP contribution < -0.4 is 29.6 Å². The van der Waals surface area contributed by atoms with E-state index in [1.807, 2.05) is 144 Å². The second-order valence-corrected chi connectivity index (χ2v) is 28.1. The van der Waals surface area contributed by atoms with Gasteiger partial charge in [0, 0.05) is 126 Å². The van der Waals surface area contributed by atoms with Gasteiger partial charge < -0.3 is 36.8 Å². The van der Waals surface area contributed by atoms with E-state index in [1.54, 1.807) is 36.4 Å². The zero-order valence-corrected chi connectivity index (χ0v) is 65.9. The molecule has 25 heteroatoms. The fraction of sp³-hybridized carbons (Fsp3) is 0.153. The van der Waals surface area contributed by atoms with E-state index in [-0.39, 0.29) is 109 Å². The van der Waals surface area contributed by atoms with Gasteiger partial charge in [-0.25, -0.2) is 0 Å². The zero-order chi connectivity index (χ0) is 58.9. The standard InChI is InChI=1S/2C13H14BrNO.C11H9BrO.C10H6BrClO.C10H7BrO.CHCl3.CH4.Ac.B.Cl2O2S.ClH.Na.H/c2*1-15(2)8-12-11-5-4-10(14)7-9(11)3-6-13(12)16;1-7-10-4-3-9(12)6-8(10)2-5-11(7)13;11-7-2-3-8-6(5-7)1-4-9(13)10(8)12;11-9-3-1-8-6-10(12)4-2-7(8)5-9;2-1(3)4;;;;1-5(2,3)4;;;/h2*3-7,16H,8H2,1-2H3;2-6,13H,1H3;1-5,13H;1-6,12H;1H;1H4;;;;1H;;/q;;;;;;;;;;;+1;-1. The van der Waals surface area contributed by atoms with E-state index in [0.717, 1.165) is 106 Å². The van der Waals surface area contributed by atoms with Crippen LogP contribution in [0.1, 0.15) is 25.5 Å². The molecule has 0 spiro atoms. The van der Waals surface area contributed by atoms with E-state index in [4.69, 9.17) is 54.8 Å². The minimum Gasteiger partial charge on any atom is -1.00 e. The van der Waals surface area contributed by atoms with E-state index in [2.05, 4.69) is 123 Å². The van der Waals surface area contributed by atoms with Gasteiger partial charge in [-0.15, -0.1) is 12.4 Å². The molecule has 0 saturated heterocycles. The number of hydrogen-bond donors (Lipinski definition) is 5. The maximum absolute atomic E-state index is 9.89. The van der Waals surface area contributed by atoms with Crippen molar-refractivity contribution in [1.29, 1.82) is 0 Å². The van der Waals surface area contributed by atoms with E-state index >= 15 is 0 Å². The Labute approximate surface area is 630 Å². The van der Waals surface area contributed by atoms with E-state index in [1.165, 1.54) is 0 Å². The van der Waals surface area contributed by atoms with Crippen molar-refractivity contribution < 1.29 is 109 Å². The molecular formula is C59H57AcBBr5Cl7N2NaO7S. The molecule has 0 aliphatic rings. The summed E-state index contributed by atoms with van der Waals surface area (Å²) in [6.07, 6.45) is 0. The van der Waals surface area contributed by atoms with Crippen molar-refractivity contribution >= 4 is 230 Å². The largest absolute Gasteiger partial charge is 1.00 e. The van der Waals surface area contributed by atoms with E-state index in [9.17, 15) is 25.5 Å². The van der Waals surface area contributed by atoms with Crippen LogP contribution in [0.5, 0.6) is 28.7 Å². The van der Waals surface area contributed by atoms with Crippen molar-refractivity contribution in [3.05, 3.63) is 202 Å². The molecule has 0 atom stereocenters. The maximum Gasteiger partial charge on any atom is 1.00 e. The zero-order valence-electron chi connectivity index (χ0n) is 46.1. The Morgan fingerprint density at radius 1 is 0.464 bits per heavy atom. The summed E-state index contributed by atoms with van der Waals surface area (Å²) in [5, 5.41) is 59.0. The average Bonchev–Trinajstić information content (AvgIpc) is 3.59. The second kappa shape index (κ2) is 41.6. The summed E-state index contributed by atoms with van der Waals surface area (Å²) >= 11 is 37.4. The van der Waals surface area contributed by atoms with Crippen molar-refractivity contribution in [1.82, 2.24) is 9.80 Å². The molecule has 0 aliphatic carbocycles. The molecule has 0 aliphatic heterocycles. The van der Waals surface area contributed by atoms with Gasteiger partial charge >= 0.3 is 37.8 Å². The Balaban J connectivity index is -0.000000940. The molecule has 0 fully saturated rings. The van der Waals surface area contributed by atoms with Crippen LogP contribution in [0.25, 0.3) is 53.9 Å². The van der Waals surface area contributed by atoms with Crippen molar-refractivity contribution in [2.45, 2.75) is 31.7 Å². The van der Waals surface area contributed by atoms with Crippen LogP contribution in [0, 0.1) is 51.0 Å². The summed E-state index contributed by atoms with van der Waals surface area (Å²) in [6.45, 7) is 3.40. The Hall–Kier alpha value is -0.694. The van der Waals surface area contributed by atoms with Crippen molar-refractivity contribution in [2.75, 3.05) is 28.2 Å². The third-order valence-corrected chi connectivity index (χ3v) is 13.9. The molecule has 442 valence electrons. The number of alkyl halides is 3. The van der Waals surface area contributed by atoms with Crippen LogP contribution in [-0.2, 0) is 21.4 Å². The van der Waals surface area contributed by atoms with Crippen molar-refractivity contribution in [3.8, 4) is 28.7 Å². The fourth-order valence-electron chi connectivity index (χ4n) is 7.57. The minimum atomic E-state index is -3.72. The summed E-state index contributed by atoms with van der Waals surface area (Å²) in [5.74, 6) is 1.52. The molecular weight excluding hydrogens is 1790 g/mol. The molecule has 0 amide bonds. The first kappa shape index (κ1) is 85.4. The van der Waals surface area contributed by atoms with Crippen LogP contribution in [0.15, 0.2) is 180 Å². The average molecular weight is 1850 g/mol. The molecule has 5 N–H and O–H groups in total. The topological polar surface area (TPSA) is 142 Å². The smallest absolute Gasteiger partial charge is 1.00 e. The number of nitrogens with zero attached hydrogens (tertiary/aromatic N) is 2. The maximum atomic E-state index is 9.89. The minimum absolute atomic E-state index is 0. The number of fused-ring (bicyclic) bond motifs is 5. The van der Waals surface area contributed by atoms with Gasteiger partial charge in [-0.05, 0) is 186 Å². The Bertz CT molecular complexity index is 3600. The van der Waals surface area contributed by atoms with Gasteiger partial charge in [0.2, 0.25) is 0 Å². The van der Waals surface area contributed by atoms with Crippen LogP contribution in [0.2, 0.25) is 5.02 Å². The first-order valence-corrected chi connectivity index (χ1v) is 31.8. The molecule has 10 aromatic carbocycles. The van der Waals surface area contributed by atoms with Crippen molar-refractivity contribution in [2.24, 2.45) is 0 Å². The summed E-state index contributed by atoms with van der Waals surface area (Å²) in [7, 11) is 12.8. The molecule has 0 saturated carbocycles. The number of aryl methyl sites for hydroxylation is 1. The van der Waals surface area contributed by atoms with Gasteiger partial charge in [-0.1, -0.05) is 194 Å². The van der Waals surface area contributed by atoms with Crippen LogP contribution in [-0.4, -0.2) is 84.6 Å². The molecule has 0 aromatic heterocycles. The van der Waals surface area contributed by atoms with E-state index < -0.39 is 12.6 Å². The van der Waals surface area contributed by atoms with Crippen molar-refractivity contribution in [3.63, 3.8) is 0 Å². The predicted octanol–water partition coefficient (Wildman–Crippen LogP) is 18.1. The SMILES string of the molecule is C.CN(C)Cc1c(O)ccc2cc(Br)ccc12.CN(C)Cc1c(O)ccc2cc(Br)ccc12.Cc1c(O)ccc2cc(Br)ccc12.Cl.ClC(Cl)Cl.O=S(=O)(Cl)Cl.Oc1ccc2cc(Br)ccc2c1.Oc1ccc2cc(Br)ccc2c1Cl.[Ac].[B].[H-].[Na+]. The summed E-state index contributed by atoms with van der Waals surface area (Å²) in [4.78, 5) is 4.10. The van der Waals surface area contributed by atoms with Gasteiger partial charge in [0.15, 0.2) is 4.30 Å². The number of phenolic OH excluding ortho intramolecular Hbond substituents is 5. The number of rotatable bonds is 4. The van der Waals surface area contributed by atoms with Gasteiger partial charge in [0.25, 0.3) is 0 Å². The summed E-state index contributed by atoms with van der Waals surface area (Å²) in [6, 6.07) is 49.7. The Morgan fingerprint density at radius 2 is 0.726 bits per heavy atom. The molecule has 0 unspecified atom stereocenters.